The molecule has 2 aromatic carbocycles. The Hall–Kier alpha value is -1.97. The summed E-state index contributed by atoms with van der Waals surface area (Å²) in [6.07, 6.45) is 0. The number of benzene rings is 2. The summed E-state index contributed by atoms with van der Waals surface area (Å²) in [5.41, 5.74) is 0. The molecule has 0 bridgehead atoms. The smallest absolute Gasteiger partial charge is 0.204 e. The number of hydrogen-bond acceptors (Lipinski definition) is 1. The first-order valence-corrected chi connectivity index (χ1v) is 4.55. The van der Waals surface area contributed by atoms with E-state index >= 15 is 0 Å². The van der Waals surface area contributed by atoms with Gasteiger partial charge in [0.15, 0.2) is 17.4 Å². The first kappa shape index (κ1) is 10.5. The average molecular weight is 224 g/mol. The normalized spacial score (nSPS) is 10.2. The fraction of sp³-hybridized carbons (Fsp3) is 0. The van der Waals surface area contributed by atoms with E-state index in [-0.39, 0.29) is 5.75 Å². The van der Waals surface area contributed by atoms with Crippen LogP contribution in [0.1, 0.15) is 0 Å². The van der Waals surface area contributed by atoms with Gasteiger partial charge in [-0.2, -0.15) is 4.39 Å². The molecule has 0 aliphatic carbocycles. The number of hydrogen-bond donors (Lipinski definition) is 0. The van der Waals surface area contributed by atoms with Crippen LogP contribution in [0.25, 0.3) is 0 Å². The van der Waals surface area contributed by atoms with Crippen molar-refractivity contribution in [3.8, 4) is 11.5 Å². The zero-order chi connectivity index (χ0) is 11.5. The fourth-order valence-electron chi connectivity index (χ4n) is 1.20. The van der Waals surface area contributed by atoms with Gasteiger partial charge in [-0.1, -0.05) is 18.2 Å². The van der Waals surface area contributed by atoms with Crippen LogP contribution in [-0.2, 0) is 0 Å². The van der Waals surface area contributed by atoms with Gasteiger partial charge in [0.25, 0.3) is 0 Å². The molecule has 16 heavy (non-hydrogen) atoms. The maximum atomic E-state index is 13.2. The van der Waals surface area contributed by atoms with Crippen LogP contribution >= 0.6 is 0 Å². The minimum absolute atomic E-state index is 0.342. The Morgan fingerprint density at radius 1 is 0.750 bits per heavy atom. The van der Waals surface area contributed by atoms with Crippen molar-refractivity contribution in [2.75, 3.05) is 0 Å². The Balaban J connectivity index is 2.33. The Morgan fingerprint density at radius 3 is 2.12 bits per heavy atom. The highest BCUT2D eigenvalue weighted by Gasteiger charge is 2.14. The average Bonchev–Trinajstić information content (AvgIpc) is 2.31. The summed E-state index contributed by atoms with van der Waals surface area (Å²) in [5, 5.41) is 0. The van der Waals surface area contributed by atoms with Crippen LogP contribution in [0.5, 0.6) is 11.5 Å². The molecule has 0 heterocycles. The highest BCUT2D eigenvalue weighted by Crippen LogP contribution is 2.26. The lowest BCUT2D eigenvalue weighted by molar-refractivity contribution is 0.394. The SMILES string of the molecule is Fc1ccc(Oc2ccccc2)c(F)c1F. The lowest BCUT2D eigenvalue weighted by atomic mass is 10.3. The van der Waals surface area contributed by atoms with Crippen molar-refractivity contribution < 1.29 is 17.9 Å². The topological polar surface area (TPSA) is 9.23 Å². The molecule has 0 aliphatic heterocycles. The second-order valence-corrected chi connectivity index (χ2v) is 3.09. The lowest BCUT2D eigenvalue weighted by Gasteiger charge is -2.06. The molecular weight excluding hydrogens is 217 g/mol. The molecule has 0 amide bonds. The van der Waals surface area contributed by atoms with Crippen molar-refractivity contribution in [3.63, 3.8) is 0 Å². The molecule has 2 rings (SSSR count). The molecule has 0 saturated heterocycles. The van der Waals surface area contributed by atoms with Crippen molar-refractivity contribution in [2.45, 2.75) is 0 Å². The van der Waals surface area contributed by atoms with E-state index in [2.05, 4.69) is 0 Å². The standard InChI is InChI=1S/C12H7F3O/c13-9-6-7-10(12(15)11(9)14)16-8-4-2-1-3-5-8/h1-7H. The van der Waals surface area contributed by atoms with E-state index in [0.717, 1.165) is 12.1 Å². The Kier molecular flexibility index (Phi) is 2.81. The fourth-order valence-corrected chi connectivity index (χ4v) is 1.20. The summed E-state index contributed by atoms with van der Waals surface area (Å²) < 4.78 is 43.8. The quantitative estimate of drug-likeness (QED) is 0.703. The summed E-state index contributed by atoms with van der Waals surface area (Å²) in [6.45, 7) is 0. The van der Waals surface area contributed by atoms with Crippen molar-refractivity contribution >= 4 is 0 Å². The van der Waals surface area contributed by atoms with Gasteiger partial charge >= 0.3 is 0 Å². The van der Waals surface area contributed by atoms with E-state index in [0.29, 0.717) is 5.75 Å². The van der Waals surface area contributed by atoms with Gasteiger partial charge in [0.05, 0.1) is 0 Å². The lowest BCUT2D eigenvalue weighted by Crippen LogP contribution is -1.94. The molecule has 0 radical (unpaired) electrons. The van der Waals surface area contributed by atoms with Crippen LogP contribution in [0.3, 0.4) is 0 Å². The van der Waals surface area contributed by atoms with Crippen LogP contribution < -0.4 is 4.74 Å². The first-order chi connectivity index (χ1) is 7.68. The molecule has 1 nitrogen and oxygen atoms in total. The van der Waals surface area contributed by atoms with Gasteiger partial charge < -0.3 is 4.74 Å². The zero-order valence-corrected chi connectivity index (χ0v) is 8.08. The molecule has 0 N–H and O–H groups in total. The largest absolute Gasteiger partial charge is 0.454 e. The Labute approximate surface area is 90.1 Å². The third-order valence-electron chi connectivity index (χ3n) is 1.97. The molecule has 4 heteroatoms. The molecule has 0 saturated carbocycles. The summed E-state index contributed by atoms with van der Waals surface area (Å²) >= 11 is 0. The van der Waals surface area contributed by atoms with Gasteiger partial charge in [0.1, 0.15) is 5.75 Å². The summed E-state index contributed by atoms with van der Waals surface area (Å²) in [5.74, 6) is -4.09. The summed E-state index contributed by atoms with van der Waals surface area (Å²) in [6, 6.07) is 10.2. The van der Waals surface area contributed by atoms with E-state index in [9.17, 15) is 13.2 Å². The number of para-hydroxylation sites is 1. The second kappa shape index (κ2) is 4.26. The van der Waals surface area contributed by atoms with Gasteiger partial charge in [0.2, 0.25) is 5.82 Å². The van der Waals surface area contributed by atoms with Crippen molar-refractivity contribution in [1.29, 1.82) is 0 Å². The van der Waals surface area contributed by atoms with Gasteiger partial charge in [-0.05, 0) is 24.3 Å². The maximum Gasteiger partial charge on any atom is 0.204 e. The van der Waals surface area contributed by atoms with Crippen molar-refractivity contribution in [3.05, 3.63) is 59.9 Å². The van der Waals surface area contributed by atoms with Crippen molar-refractivity contribution in [1.82, 2.24) is 0 Å². The molecule has 82 valence electrons. The number of ether oxygens (including phenoxy) is 1. The molecular formula is C12H7F3O. The number of rotatable bonds is 2. The van der Waals surface area contributed by atoms with E-state index in [1.165, 1.54) is 0 Å². The number of halogens is 3. The van der Waals surface area contributed by atoms with E-state index in [1.807, 2.05) is 0 Å². The zero-order valence-electron chi connectivity index (χ0n) is 8.08. The monoisotopic (exact) mass is 224 g/mol. The van der Waals surface area contributed by atoms with Crippen LogP contribution in [0, 0.1) is 17.5 Å². The molecule has 0 unspecified atom stereocenters. The molecule has 0 atom stereocenters. The van der Waals surface area contributed by atoms with Crippen LogP contribution in [-0.4, -0.2) is 0 Å². The van der Waals surface area contributed by atoms with Crippen LogP contribution in [0.4, 0.5) is 13.2 Å². The van der Waals surface area contributed by atoms with Crippen LogP contribution in [0.2, 0.25) is 0 Å². The second-order valence-electron chi connectivity index (χ2n) is 3.09. The third-order valence-corrected chi connectivity index (χ3v) is 1.97. The Morgan fingerprint density at radius 2 is 1.44 bits per heavy atom. The predicted octanol–water partition coefficient (Wildman–Crippen LogP) is 3.90. The minimum atomic E-state index is -1.53. The summed E-state index contributed by atoms with van der Waals surface area (Å²) in [4.78, 5) is 0. The maximum absolute atomic E-state index is 13.2. The highest BCUT2D eigenvalue weighted by atomic mass is 19.2. The minimum Gasteiger partial charge on any atom is -0.454 e. The van der Waals surface area contributed by atoms with E-state index < -0.39 is 17.5 Å². The van der Waals surface area contributed by atoms with Gasteiger partial charge in [-0.25, -0.2) is 8.78 Å². The molecule has 0 spiro atoms. The Bertz CT molecular complexity index is 497. The summed E-state index contributed by atoms with van der Waals surface area (Å²) in [7, 11) is 0. The molecule has 2 aromatic rings. The molecule has 0 aromatic heterocycles. The first-order valence-electron chi connectivity index (χ1n) is 4.55. The van der Waals surface area contributed by atoms with Crippen molar-refractivity contribution in [2.24, 2.45) is 0 Å². The highest BCUT2D eigenvalue weighted by molar-refractivity contribution is 5.32. The van der Waals surface area contributed by atoms with E-state index in [1.54, 1.807) is 30.3 Å². The third kappa shape index (κ3) is 2.00. The van der Waals surface area contributed by atoms with E-state index in [4.69, 9.17) is 4.74 Å². The van der Waals surface area contributed by atoms with Crippen LogP contribution in [0.15, 0.2) is 42.5 Å². The van der Waals surface area contributed by atoms with Gasteiger partial charge in [0, 0.05) is 0 Å². The van der Waals surface area contributed by atoms with Gasteiger partial charge in [-0.15, -0.1) is 0 Å². The molecule has 0 fully saturated rings. The molecule has 0 aliphatic rings. The van der Waals surface area contributed by atoms with Gasteiger partial charge in [-0.3, -0.25) is 0 Å². The predicted molar refractivity (Wildman–Crippen MR) is 52.8 cm³/mol.